The Bertz CT molecular complexity index is 1310. The molecule has 1 N–H and O–H groups in total. The van der Waals surface area contributed by atoms with Crippen LogP contribution >= 0.6 is 22.9 Å². The standard InChI is InChI=1S/C22H24ClN5O4S/c1-11(24-14-4-5-15(23)25-17(14)21(30)31-3)16-12(2)33-19-18(16)26-22-27-8-9-32-10-13(27)6-7-28(22)20(19)29/h4-5,11,13,24H,6-10H2,1-3H3/t11-,13-/m0/s1. The van der Waals surface area contributed by atoms with Crippen LogP contribution in [0.4, 0.5) is 11.6 Å². The number of rotatable bonds is 4. The molecule has 1 saturated heterocycles. The summed E-state index contributed by atoms with van der Waals surface area (Å²) in [6.45, 7) is 6.59. The van der Waals surface area contributed by atoms with Gasteiger partial charge in [0.25, 0.3) is 5.56 Å². The Labute approximate surface area is 199 Å². The van der Waals surface area contributed by atoms with Crippen molar-refractivity contribution < 1.29 is 14.3 Å². The van der Waals surface area contributed by atoms with Crippen molar-refractivity contribution in [1.29, 1.82) is 0 Å². The summed E-state index contributed by atoms with van der Waals surface area (Å²) in [5.41, 5.74) is 2.23. The number of esters is 1. The first-order valence-corrected chi connectivity index (χ1v) is 12.0. The van der Waals surface area contributed by atoms with E-state index < -0.39 is 5.97 Å². The molecule has 2 aliphatic heterocycles. The van der Waals surface area contributed by atoms with Crippen molar-refractivity contribution in [2.75, 3.05) is 37.1 Å². The highest BCUT2D eigenvalue weighted by Crippen LogP contribution is 2.36. The molecule has 1 fully saturated rings. The molecule has 174 valence electrons. The molecular formula is C22H24ClN5O4S. The van der Waals surface area contributed by atoms with E-state index in [0.29, 0.717) is 48.2 Å². The van der Waals surface area contributed by atoms with Crippen molar-refractivity contribution in [3.8, 4) is 0 Å². The van der Waals surface area contributed by atoms with Gasteiger partial charge in [-0.2, -0.15) is 0 Å². The van der Waals surface area contributed by atoms with Gasteiger partial charge in [-0.25, -0.2) is 14.8 Å². The number of pyridine rings is 1. The van der Waals surface area contributed by atoms with Crippen LogP contribution in [0.25, 0.3) is 10.2 Å². The Morgan fingerprint density at radius 1 is 1.36 bits per heavy atom. The Balaban J connectivity index is 1.58. The molecule has 0 aliphatic carbocycles. The van der Waals surface area contributed by atoms with Gasteiger partial charge in [0, 0.05) is 23.5 Å². The number of nitrogens with one attached hydrogen (secondary N) is 1. The summed E-state index contributed by atoms with van der Waals surface area (Å²) >= 11 is 7.45. The van der Waals surface area contributed by atoms with Crippen LogP contribution in [0.2, 0.25) is 5.15 Å². The lowest BCUT2D eigenvalue weighted by atomic mass is 10.1. The minimum Gasteiger partial charge on any atom is -0.464 e. The summed E-state index contributed by atoms with van der Waals surface area (Å²) in [4.78, 5) is 37.9. The second-order valence-electron chi connectivity index (χ2n) is 8.22. The first-order valence-electron chi connectivity index (χ1n) is 10.8. The van der Waals surface area contributed by atoms with Crippen molar-refractivity contribution in [2.45, 2.75) is 38.9 Å². The Kier molecular flexibility index (Phi) is 5.75. The molecule has 11 heteroatoms. The van der Waals surface area contributed by atoms with Gasteiger partial charge in [0.2, 0.25) is 5.95 Å². The number of hydrogen-bond donors (Lipinski definition) is 1. The molecule has 2 aliphatic rings. The number of carbonyl (C=O) groups is 1. The van der Waals surface area contributed by atoms with Crippen molar-refractivity contribution >= 4 is 50.8 Å². The van der Waals surface area contributed by atoms with E-state index in [1.54, 1.807) is 16.7 Å². The van der Waals surface area contributed by atoms with Crippen LogP contribution in [0.1, 0.15) is 40.3 Å². The van der Waals surface area contributed by atoms with E-state index >= 15 is 0 Å². The van der Waals surface area contributed by atoms with Gasteiger partial charge >= 0.3 is 5.97 Å². The fourth-order valence-corrected chi connectivity index (χ4v) is 5.94. The molecule has 2 atom stereocenters. The number of hydrogen-bond acceptors (Lipinski definition) is 9. The Morgan fingerprint density at radius 2 is 2.18 bits per heavy atom. The molecule has 0 radical (unpaired) electrons. The molecular weight excluding hydrogens is 466 g/mol. The maximum atomic E-state index is 13.4. The van der Waals surface area contributed by atoms with Gasteiger partial charge in [-0.05, 0) is 32.4 Å². The summed E-state index contributed by atoms with van der Waals surface area (Å²) in [5.74, 6) is 0.129. The number of halogens is 1. The fraction of sp³-hybridized carbons (Fsp3) is 0.455. The molecule has 0 unspecified atom stereocenters. The van der Waals surface area contributed by atoms with Crippen LogP contribution in [-0.2, 0) is 16.0 Å². The molecule has 9 nitrogen and oxygen atoms in total. The lowest BCUT2D eigenvalue weighted by molar-refractivity contribution is 0.0595. The molecule has 0 aromatic carbocycles. The highest BCUT2D eigenvalue weighted by molar-refractivity contribution is 7.19. The third-order valence-corrected chi connectivity index (χ3v) is 7.52. The highest BCUT2D eigenvalue weighted by Gasteiger charge is 2.33. The Hall–Kier alpha value is -2.69. The number of morpholine rings is 1. The zero-order valence-corrected chi connectivity index (χ0v) is 20.1. The Morgan fingerprint density at radius 3 is 2.97 bits per heavy atom. The molecule has 0 bridgehead atoms. The maximum Gasteiger partial charge on any atom is 0.358 e. The molecule has 3 aromatic rings. The summed E-state index contributed by atoms with van der Waals surface area (Å²) in [6.07, 6.45) is 0.870. The van der Waals surface area contributed by atoms with Crippen LogP contribution in [0.5, 0.6) is 0 Å². The van der Waals surface area contributed by atoms with E-state index in [9.17, 15) is 9.59 Å². The van der Waals surface area contributed by atoms with E-state index in [-0.39, 0.29) is 28.5 Å². The summed E-state index contributed by atoms with van der Waals surface area (Å²) in [6, 6.07) is 3.31. The van der Waals surface area contributed by atoms with E-state index in [0.717, 1.165) is 16.9 Å². The van der Waals surface area contributed by atoms with Gasteiger partial charge in [0.15, 0.2) is 5.69 Å². The largest absolute Gasteiger partial charge is 0.464 e. The summed E-state index contributed by atoms with van der Waals surface area (Å²) in [7, 11) is 1.30. The van der Waals surface area contributed by atoms with Gasteiger partial charge in [-0.1, -0.05) is 11.6 Å². The van der Waals surface area contributed by atoms with E-state index in [1.807, 2.05) is 13.8 Å². The minimum atomic E-state index is -0.581. The number of carbonyl (C=O) groups excluding carboxylic acids is 1. The molecule has 5 rings (SSSR count). The summed E-state index contributed by atoms with van der Waals surface area (Å²) in [5, 5.41) is 3.55. The number of nitrogens with zero attached hydrogens (tertiary/aromatic N) is 4. The molecule has 3 aromatic heterocycles. The second kappa shape index (κ2) is 8.58. The van der Waals surface area contributed by atoms with Gasteiger partial charge in [-0.15, -0.1) is 11.3 Å². The van der Waals surface area contributed by atoms with E-state index in [4.69, 9.17) is 26.1 Å². The molecule has 0 spiro atoms. The first-order chi connectivity index (χ1) is 15.9. The number of methoxy groups -OCH3 is 1. The smallest absolute Gasteiger partial charge is 0.358 e. The highest BCUT2D eigenvalue weighted by atomic mass is 35.5. The minimum absolute atomic E-state index is 0.00472. The topological polar surface area (TPSA) is 98.6 Å². The SMILES string of the molecule is COC(=O)c1nc(Cl)ccc1N[C@@H](C)c1c(C)sc2c(=O)n3c(nc12)N1CCOC[C@@H]1CC3. The quantitative estimate of drug-likeness (QED) is 0.440. The van der Waals surface area contributed by atoms with Crippen molar-refractivity contribution in [1.82, 2.24) is 14.5 Å². The molecule has 0 amide bonds. The van der Waals surface area contributed by atoms with Crippen molar-refractivity contribution in [2.24, 2.45) is 0 Å². The number of aromatic nitrogens is 3. The second-order valence-corrected chi connectivity index (χ2v) is 9.83. The van der Waals surface area contributed by atoms with Crippen LogP contribution in [0.15, 0.2) is 16.9 Å². The van der Waals surface area contributed by atoms with Crippen LogP contribution in [0.3, 0.4) is 0 Å². The summed E-state index contributed by atoms with van der Waals surface area (Å²) < 4.78 is 12.9. The number of fused-ring (bicyclic) bond motifs is 4. The number of anilines is 2. The maximum absolute atomic E-state index is 13.4. The van der Waals surface area contributed by atoms with Gasteiger partial charge in [0.05, 0.1) is 43.6 Å². The van der Waals surface area contributed by atoms with Gasteiger partial charge in [0.1, 0.15) is 9.85 Å². The average Bonchev–Trinajstić information content (AvgIpc) is 3.16. The van der Waals surface area contributed by atoms with Gasteiger partial charge in [-0.3, -0.25) is 9.36 Å². The zero-order chi connectivity index (χ0) is 23.3. The van der Waals surface area contributed by atoms with Crippen molar-refractivity contribution in [3.63, 3.8) is 0 Å². The van der Waals surface area contributed by atoms with Crippen molar-refractivity contribution in [3.05, 3.63) is 43.8 Å². The van der Waals surface area contributed by atoms with Crippen LogP contribution < -0.4 is 15.8 Å². The third-order valence-electron chi connectivity index (χ3n) is 6.21. The predicted octanol–water partition coefficient (Wildman–Crippen LogP) is 3.38. The average molecular weight is 490 g/mol. The normalized spacial score (nSPS) is 18.5. The fourth-order valence-electron chi connectivity index (χ4n) is 4.65. The molecule has 33 heavy (non-hydrogen) atoms. The number of ether oxygens (including phenoxy) is 2. The van der Waals surface area contributed by atoms with Gasteiger partial charge < -0.3 is 19.7 Å². The number of thiophene rings is 1. The first kappa shape index (κ1) is 22.1. The van der Waals surface area contributed by atoms with Crippen LogP contribution in [0, 0.1) is 6.92 Å². The van der Waals surface area contributed by atoms with Crippen LogP contribution in [-0.4, -0.2) is 53.4 Å². The zero-order valence-electron chi connectivity index (χ0n) is 18.6. The predicted molar refractivity (Wildman–Crippen MR) is 128 cm³/mol. The molecule has 5 heterocycles. The van der Waals surface area contributed by atoms with E-state index in [1.165, 1.54) is 18.4 Å². The lowest BCUT2D eigenvalue weighted by Gasteiger charge is -2.40. The number of aryl methyl sites for hydroxylation is 1. The van der Waals surface area contributed by atoms with E-state index in [2.05, 4.69) is 15.2 Å². The third kappa shape index (κ3) is 3.75. The monoisotopic (exact) mass is 489 g/mol. The molecule has 0 saturated carbocycles. The lowest BCUT2D eigenvalue weighted by Crippen LogP contribution is -2.51.